The maximum absolute atomic E-state index is 13.5. The molecular weight excluding hydrogens is 500 g/mol. The number of hydrogen-bond donors (Lipinski definition) is 0. The molecule has 2 aliphatic heterocycles. The molecule has 0 radical (unpaired) electrons. The lowest BCUT2D eigenvalue weighted by Crippen LogP contribution is -2.45. The quantitative estimate of drug-likeness (QED) is 0.275. The molecule has 0 saturated heterocycles. The van der Waals surface area contributed by atoms with Crippen molar-refractivity contribution in [1.29, 1.82) is 0 Å². The first-order chi connectivity index (χ1) is 16.1. The van der Waals surface area contributed by atoms with Gasteiger partial charge in [0, 0.05) is 27.0 Å². The van der Waals surface area contributed by atoms with Crippen molar-refractivity contribution >= 4 is 49.8 Å². The van der Waals surface area contributed by atoms with Gasteiger partial charge in [-0.3, -0.25) is 4.79 Å². The van der Waals surface area contributed by atoms with E-state index in [2.05, 4.69) is 52.3 Å². The largest absolute Gasteiger partial charge is 0.461 e. The predicted octanol–water partition coefficient (Wildman–Crippen LogP) is 7.01. The van der Waals surface area contributed by atoms with Gasteiger partial charge in [-0.1, -0.05) is 63.9 Å². The zero-order valence-electron chi connectivity index (χ0n) is 17.4. The van der Waals surface area contributed by atoms with Gasteiger partial charge in [0.1, 0.15) is 5.75 Å². The highest BCUT2D eigenvalue weighted by Gasteiger charge is 2.43. The maximum atomic E-state index is 13.5. The molecule has 2 atom stereocenters. The summed E-state index contributed by atoms with van der Waals surface area (Å²) in [5, 5.41) is 9.67. The van der Waals surface area contributed by atoms with Crippen molar-refractivity contribution in [2.45, 2.75) is 18.7 Å². The average Bonchev–Trinajstić information content (AvgIpc) is 3.29. The first-order valence-electron chi connectivity index (χ1n) is 10.7. The Bertz CT molecular complexity index is 1430. The van der Waals surface area contributed by atoms with Crippen molar-refractivity contribution in [3.05, 3.63) is 111 Å². The fourth-order valence-corrected chi connectivity index (χ4v) is 5.04. The molecule has 0 amide bonds. The highest BCUT2D eigenvalue weighted by Crippen LogP contribution is 2.44. The van der Waals surface area contributed by atoms with Gasteiger partial charge in [-0.2, -0.15) is 5.10 Å². The number of carbonyl (C=O) groups excluding carboxylic acids is 1. The van der Waals surface area contributed by atoms with Crippen LogP contribution >= 0.6 is 27.5 Å². The third-order valence-electron chi connectivity index (χ3n) is 6.19. The monoisotopic (exact) mass is 516 g/mol. The summed E-state index contributed by atoms with van der Waals surface area (Å²) in [6.45, 7) is 0. The van der Waals surface area contributed by atoms with E-state index in [4.69, 9.17) is 21.4 Å². The molecule has 4 aromatic carbocycles. The lowest BCUT2D eigenvalue weighted by Gasteiger charge is -2.37. The zero-order chi connectivity index (χ0) is 22.5. The summed E-state index contributed by atoms with van der Waals surface area (Å²) >= 11 is 9.59. The van der Waals surface area contributed by atoms with Crippen LogP contribution in [0.15, 0.2) is 94.5 Å². The summed E-state index contributed by atoms with van der Waals surface area (Å²) in [5.41, 5.74) is 3.55. The van der Waals surface area contributed by atoms with Crippen LogP contribution in [0.3, 0.4) is 0 Å². The van der Waals surface area contributed by atoms with Crippen LogP contribution in [0.5, 0.6) is 5.75 Å². The van der Waals surface area contributed by atoms with Crippen LogP contribution in [0.4, 0.5) is 0 Å². The number of halogens is 2. The maximum Gasteiger partial charge on any atom is 0.251 e. The number of hydrazone groups is 1. The number of Topliss-reactive ketones (excluding diaryl/α,β-unsaturated/α-hetero) is 1. The molecule has 0 aliphatic carbocycles. The van der Waals surface area contributed by atoms with Crippen LogP contribution in [0.25, 0.3) is 10.8 Å². The van der Waals surface area contributed by atoms with Crippen molar-refractivity contribution in [2.24, 2.45) is 5.10 Å². The molecule has 6 rings (SSSR count). The standard InChI is InChI=1S/C27H18BrClN2O2/c28-20-9-12-25-22(14-20)24-15-23(19-6-5-16-3-1-2-4-18(16)13-19)30-31(24)27(33-25)26(32)17-7-10-21(29)11-8-17/h1-14,24,27H,15H2/t24-,27+/m0/s1. The summed E-state index contributed by atoms with van der Waals surface area (Å²) in [6.07, 6.45) is -0.155. The van der Waals surface area contributed by atoms with Crippen molar-refractivity contribution in [2.75, 3.05) is 0 Å². The number of rotatable bonds is 3. The molecular formula is C27H18BrClN2O2. The van der Waals surface area contributed by atoms with Gasteiger partial charge >= 0.3 is 0 Å². The molecule has 0 spiro atoms. The Morgan fingerprint density at radius 2 is 1.76 bits per heavy atom. The van der Waals surface area contributed by atoms with Crippen LogP contribution in [0.1, 0.15) is 33.9 Å². The van der Waals surface area contributed by atoms with E-state index >= 15 is 0 Å². The lowest BCUT2D eigenvalue weighted by molar-refractivity contribution is -0.00459. The van der Waals surface area contributed by atoms with Crippen molar-refractivity contribution in [3.8, 4) is 5.75 Å². The number of ether oxygens (including phenoxy) is 1. The number of nitrogens with zero attached hydrogens (tertiary/aromatic N) is 2. The topological polar surface area (TPSA) is 41.9 Å². The van der Waals surface area contributed by atoms with E-state index in [9.17, 15) is 4.79 Å². The van der Waals surface area contributed by atoms with E-state index in [0.717, 1.165) is 26.7 Å². The molecule has 33 heavy (non-hydrogen) atoms. The second-order valence-electron chi connectivity index (χ2n) is 8.23. The smallest absolute Gasteiger partial charge is 0.251 e. The number of fused-ring (bicyclic) bond motifs is 4. The van der Waals surface area contributed by atoms with E-state index in [0.29, 0.717) is 22.8 Å². The molecule has 162 valence electrons. The van der Waals surface area contributed by atoms with Crippen molar-refractivity contribution in [3.63, 3.8) is 0 Å². The number of benzene rings is 4. The zero-order valence-corrected chi connectivity index (χ0v) is 19.8. The summed E-state index contributed by atoms with van der Waals surface area (Å²) in [6, 6.07) is 27.3. The lowest BCUT2D eigenvalue weighted by atomic mass is 9.95. The van der Waals surface area contributed by atoms with Crippen LogP contribution in [-0.4, -0.2) is 22.7 Å². The highest BCUT2D eigenvalue weighted by molar-refractivity contribution is 9.10. The highest BCUT2D eigenvalue weighted by atomic mass is 79.9. The van der Waals surface area contributed by atoms with Crippen LogP contribution < -0.4 is 4.74 Å². The minimum atomic E-state index is -0.845. The minimum Gasteiger partial charge on any atom is -0.461 e. The molecule has 4 nitrogen and oxygen atoms in total. The molecule has 2 aliphatic rings. The Morgan fingerprint density at radius 1 is 0.970 bits per heavy atom. The van der Waals surface area contributed by atoms with Gasteiger partial charge in [0.05, 0.1) is 11.8 Å². The molecule has 4 aromatic rings. The fraction of sp³-hybridized carbons (Fsp3) is 0.111. The predicted molar refractivity (Wildman–Crippen MR) is 134 cm³/mol. The second-order valence-corrected chi connectivity index (χ2v) is 9.58. The third kappa shape index (κ3) is 3.62. The molecule has 0 fully saturated rings. The van der Waals surface area contributed by atoms with Gasteiger partial charge in [0.25, 0.3) is 6.23 Å². The number of ketones is 1. The van der Waals surface area contributed by atoms with Crippen molar-refractivity contribution in [1.82, 2.24) is 5.01 Å². The third-order valence-corrected chi connectivity index (χ3v) is 6.93. The number of hydrogen-bond acceptors (Lipinski definition) is 4. The van der Waals surface area contributed by atoms with Gasteiger partial charge in [-0.15, -0.1) is 0 Å². The Balaban J connectivity index is 1.43. The molecule has 0 unspecified atom stereocenters. The van der Waals surface area contributed by atoms with Gasteiger partial charge < -0.3 is 4.74 Å². The SMILES string of the molecule is O=C(c1ccc(Cl)cc1)[C@H]1Oc2ccc(Br)cc2[C@@H]2CC(c3ccc4ccccc4c3)=NN12. The Morgan fingerprint density at radius 3 is 2.58 bits per heavy atom. The van der Waals surface area contributed by atoms with E-state index in [1.54, 1.807) is 24.3 Å². The van der Waals surface area contributed by atoms with Gasteiger partial charge in [0.15, 0.2) is 0 Å². The Labute approximate surface area is 204 Å². The molecule has 0 N–H and O–H groups in total. The number of carbonyl (C=O) groups is 1. The minimum absolute atomic E-state index is 0.0889. The summed E-state index contributed by atoms with van der Waals surface area (Å²) in [5.74, 6) is 0.565. The van der Waals surface area contributed by atoms with Crippen LogP contribution in [0.2, 0.25) is 5.02 Å². The van der Waals surface area contributed by atoms with E-state index in [1.165, 1.54) is 5.39 Å². The molecule has 0 bridgehead atoms. The Kier molecular flexibility index (Phi) is 4.97. The van der Waals surface area contributed by atoms with E-state index < -0.39 is 6.23 Å². The van der Waals surface area contributed by atoms with Crippen LogP contribution in [-0.2, 0) is 0 Å². The molecule has 0 saturated carbocycles. The summed E-state index contributed by atoms with van der Waals surface area (Å²) in [4.78, 5) is 13.5. The first kappa shape index (κ1) is 20.5. The second kappa shape index (κ2) is 8.01. The molecule has 0 aromatic heterocycles. The average molecular weight is 518 g/mol. The van der Waals surface area contributed by atoms with Crippen LogP contribution in [0, 0.1) is 0 Å². The van der Waals surface area contributed by atoms with E-state index in [1.807, 2.05) is 29.3 Å². The van der Waals surface area contributed by atoms with Gasteiger partial charge in [0.2, 0.25) is 5.78 Å². The molecule has 6 heteroatoms. The Hall–Kier alpha value is -3.15. The van der Waals surface area contributed by atoms with Gasteiger partial charge in [-0.25, -0.2) is 5.01 Å². The summed E-state index contributed by atoms with van der Waals surface area (Å²) < 4.78 is 7.18. The van der Waals surface area contributed by atoms with E-state index in [-0.39, 0.29) is 11.8 Å². The summed E-state index contributed by atoms with van der Waals surface area (Å²) in [7, 11) is 0. The first-order valence-corrected chi connectivity index (χ1v) is 11.8. The normalized spacial score (nSPS) is 19.0. The van der Waals surface area contributed by atoms with Gasteiger partial charge in [-0.05, 0) is 64.9 Å². The molecule has 2 heterocycles. The fourth-order valence-electron chi connectivity index (χ4n) is 4.53. The van der Waals surface area contributed by atoms with Crippen molar-refractivity contribution < 1.29 is 9.53 Å².